The van der Waals surface area contributed by atoms with Crippen molar-refractivity contribution in [1.29, 1.82) is 0 Å². The van der Waals surface area contributed by atoms with E-state index in [9.17, 15) is 0 Å². The number of hydrogen-bond acceptors (Lipinski definition) is 5. The summed E-state index contributed by atoms with van der Waals surface area (Å²) >= 11 is 1.95. The minimum atomic E-state index is -0.224. The molecule has 2 unspecified atom stereocenters. The summed E-state index contributed by atoms with van der Waals surface area (Å²) in [6.07, 6.45) is 6.91. The van der Waals surface area contributed by atoms with Crippen LogP contribution in [-0.4, -0.2) is 12.3 Å². The van der Waals surface area contributed by atoms with Crippen molar-refractivity contribution in [3.8, 4) is 11.1 Å². The van der Waals surface area contributed by atoms with E-state index in [0.29, 0.717) is 0 Å². The molecule has 2 aromatic heterocycles. The van der Waals surface area contributed by atoms with Gasteiger partial charge in [0, 0.05) is 65.0 Å². The Morgan fingerprint density at radius 1 is 0.443 bits per heavy atom. The maximum absolute atomic E-state index is 6.91. The van der Waals surface area contributed by atoms with Gasteiger partial charge in [0.05, 0.1) is 28.0 Å². The van der Waals surface area contributed by atoms with Crippen LogP contribution in [0.1, 0.15) is 176 Å². The third kappa shape index (κ3) is 7.88. The Hall–Kier alpha value is -7.54. The van der Waals surface area contributed by atoms with Crippen molar-refractivity contribution in [1.82, 2.24) is 0 Å². The molecule has 88 heavy (non-hydrogen) atoms. The second-order valence-electron chi connectivity index (χ2n) is 31.9. The number of thiophene rings is 1. The largest absolute Gasteiger partial charge is 0.456 e. The molecule has 0 radical (unpaired) electrons. The van der Waals surface area contributed by atoms with E-state index >= 15 is 0 Å². The molecule has 0 spiro atoms. The summed E-state index contributed by atoms with van der Waals surface area (Å²) in [7, 11) is 0. The second-order valence-corrected chi connectivity index (χ2v) is 33.0. The smallest absolute Gasteiger partial charge is 0.252 e. The van der Waals surface area contributed by atoms with E-state index in [0.717, 1.165) is 53.3 Å². The number of nitrogens with zero attached hydrogens (tertiary/aromatic N) is 3. The zero-order valence-electron chi connectivity index (χ0n) is 54.6. The van der Waals surface area contributed by atoms with Gasteiger partial charge in [-0.2, -0.15) is 0 Å². The number of anilines is 8. The maximum atomic E-state index is 6.91. The Kier molecular flexibility index (Phi) is 11.7. The highest BCUT2D eigenvalue weighted by atomic mass is 32.1. The number of furan rings is 1. The highest BCUT2D eigenvalue weighted by Gasteiger charge is 2.59. The van der Waals surface area contributed by atoms with Gasteiger partial charge in [-0.3, -0.25) is 0 Å². The van der Waals surface area contributed by atoms with Gasteiger partial charge in [-0.1, -0.05) is 201 Å². The fourth-order valence-electron chi connectivity index (χ4n) is 17.1. The molecule has 0 saturated heterocycles. The number of rotatable bonds is 4. The first-order valence-corrected chi connectivity index (χ1v) is 33.6. The molecule has 0 amide bonds. The molecular weight excluding hydrogens is 1090 g/mol. The lowest BCUT2D eigenvalue weighted by molar-refractivity contribution is 0.195. The minimum Gasteiger partial charge on any atom is -0.456 e. The van der Waals surface area contributed by atoms with Crippen LogP contribution in [0.5, 0.6) is 0 Å². The van der Waals surface area contributed by atoms with Crippen LogP contribution in [0.3, 0.4) is 0 Å². The Bertz CT molecular complexity index is 4770. The van der Waals surface area contributed by atoms with Gasteiger partial charge in [-0.05, 0) is 188 Å². The van der Waals surface area contributed by atoms with Crippen molar-refractivity contribution >= 4 is 122 Å². The van der Waals surface area contributed by atoms with Crippen molar-refractivity contribution in [2.24, 2.45) is 0 Å². The summed E-state index contributed by atoms with van der Waals surface area (Å²) in [4.78, 5) is 8.40. The van der Waals surface area contributed by atoms with Gasteiger partial charge < -0.3 is 19.1 Å². The monoisotopic (exact) mass is 1170 g/mol. The van der Waals surface area contributed by atoms with E-state index in [1.807, 2.05) is 11.3 Å². The van der Waals surface area contributed by atoms with Crippen molar-refractivity contribution in [2.75, 3.05) is 14.7 Å². The lowest BCUT2D eigenvalue weighted by atomic mass is 9.33. The molecule has 442 valence electrons. The van der Waals surface area contributed by atoms with Gasteiger partial charge in [0.15, 0.2) is 0 Å². The van der Waals surface area contributed by atoms with Crippen molar-refractivity contribution in [3.05, 3.63) is 197 Å². The molecule has 2 atom stereocenters. The van der Waals surface area contributed by atoms with Crippen molar-refractivity contribution in [3.63, 3.8) is 0 Å². The first-order valence-electron chi connectivity index (χ1n) is 32.8. The summed E-state index contributed by atoms with van der Waals surface area (Å²) in [5.74, 6) is 0. The van der Waals surface area contributed by atoms with Crippen LogP contribution in [0, 0.1) is 0 Å². The van der Waals surface area contributed by atoms with Gasteiger partial charge in [-0.25, -0.2) is 0 Å². The van der Waals surface area contributed by atoms with Crippen LogP contribution in [0.15, 0.2) is 168 Å². The number of hydrogen-bond donors (Lipinski definition) is 0. The molecule has 2 aliphatic carbocycles. The molecule has 0 N–H and O–H groups in total. The average Bonchev–Trinajstić information content (AvgIpc) is 1.23. The van der Waals surface area contributed by atoms with Gasteiger partial charge in [0.25, 0.3) is 6.71 Å². The molecule has 1 saturated carbocycles. The van der Waals surface area contributed by atoms with Crippen LogP contribution in [0.2, 0.25) is 0 Å². The third-order valence-electron chi connectivity index (χ3n) is 22.5. The van der Waals surface area contributed by atoms with E-state index in [4.69, 9.17) is 4.42 Å². The zero-order valence-corrected chi connectivity index (χ0v) is 55.4. The zero-order chi connectivity index (χ0) is 61.1. The lowest BCUT2D eigenvalue weighted by Gasteiger charge is -2.51. The standard InChI is InChI=1S/C82H84BN3OS/c1-76(2,3)50-30-34-62(55(42-50)49-24-17-16-18-25-49)85-67-46-53(86-63-35-31-52(78(7,8)9)44-59(63)81(14)38-21-22-39-82(81,86)15)45-66-74(67)83(60-33-37-71-73(75(60)85)56-43-51(77(4,5)6)32-36-70(56)88-71)61-47-57-58(80(12,13)41-40-79(57,10)11)48-65(61)84(66)64-27-23-29-69-72(64)54-26-19-20-28-68(54)87-69/h16-20,23-37,42-48H,21-22,38-41H2,1-15H3. The van der Waals surface area contributed by atoms with E-state index in [1.165, 1.54) is 134 Å². The van der Waals surface area contributed by atoms with Gasteiger partial charge >= 0.3 is 0 Å². The summed E-state index contributed by atoms with van der Waals surface area (Å²) in [6.45, 7) is 36.5. The van der Waals surface area contributed by atoms with Crippen LogP contribution in [0.4, 0.5) is 45.5 Å². The molecular formula is C82H84BN3OS. The quantitative estimate of drug-likeness (QED) is 0.164. The Balaban J connectivity index is 1.12. The Morgan fingerprint density at radius 2 is 1.06 bits per heavy atom. The van der Waals surface area contributed by atoms with Crippen LogP contribution in [-0.2, 0) is 32.5 Å². The molecule has 3 aliphatic heterocycles. The van der Waals surface area contributed by atoms with Crippen molar-refractivity contribution < 1.29 is 4.42 Å². The summed E-state index contributed by atoms with van der Waals surface area (Å²) < 4.78 is 9.55. The predicted molar refractivity (Wildman–Crippen MR) is 380 cm³/mol. The molecule has 0 bridgehead atoms. The average molecular weight is 1170 g/mol. The normalized spacial score (nSPS) is 20.1. The second kappa shape index (κ2) is 18.5. The summed E-state index contributed by atoms with van der Waals surface area (Å²) in [5, 5.41) is 4.95. The molecule has 9 aromatic carbocycles. The van der Waals surface area contributed by atoms with E-state index in [1.54, 1.807) is 0 Å². The van der Waals surface area contributed by atoms with Crippen LogP contribution in [0.25, 0.3) is 53.2 Å². The van der Waals surface area contributed by atoms with E-state index in [-0.39, 0.29) is 44.7 Å². The van der Waals surface area contributed by atoms with Crippen LogP contribution >= 0.6 is 11.3 Å². The molecule has 1 fully saturated rings. The molecule has 11 aromatic rings. The van der Waals surface area contributed by atoms with E-state index in [2.05, 4.69) is 282 Å². The minimum absolute atomic E-state index is 0.00171. The van der Waals surface area contributed by atoms with Gasteiger partial charge in [0.2, 0.25) is 0 Å². The Labute approximate surface area is 526 Å². The SMILES string of the molecule is CC(C)(C)c1ccc(N2c3cc(N4c5ccc(C(C)(C)C)cc5C5(C)CCCCC45C)cc4c3B(c3cc5c(cc3N4c3cccc4oc6ccccc6c34)C(C)(C)CCC5(C)C)c3ccc4sc5ccc(C(C)(C)C)cc5c4c32)c(-c2ccccc2)c1. The number of para-hydroxylation sites is 1. The molecule has 5 aliphatic rings. The number of benzene rings is 9. The third-order valence-corrected chi connectivity index (χ3v) is 23.7. The summed E-state index contributed by atoms with van der Waals surface area (Å²) in [5.41, 5.74) is 26.2. The van der Waals surface area contributed by atoms with Crippen LogP contribution < -0.4 is 31.1 Å². The molecule has 16 rings (SSSR count). The molecule has 4 nitrogen and oxygen atoms in total. The lowest BCUT2D eigenvalue weighted by Crippen LogP contribution is -2.62. The topological polar surface area (TPSA) is 22.9 Å². The first kappa shape index (κ1) is 55.8. The fourth-order valence-corrected chi connectivity index (χ4v) is 18.2. The van der Waals surface area contributed by atoms with Gasteiger partial charge in [-0.15, -0.1) is 11.3 Å². The highest BCUT2D eigenvalue weighted by molar-refractivity contribution is 7.26. The fraction of sp³-hybridized carbons (Fsp3) is 0.341. The first-order chi connectivity index (χ1) is 41.7. The Morgan fingerprint density at radius 3 is 1.78 bits per heavy atom. The molecule has 5 heterocycles. The summed E-state index contributed by atoms with van der Waals surface area (Å²) in [6, 6.07) is 65.0. The van der Waals surface area contributed by atoms with Gasteiger partial charge in [0.1, 0.15) is 11.2 Å². The molecule has 6 heteroatoms. The maximum Gasteiger partial charge on any atom is 0.252 e. The number of fused-ring (bicyclic) bond motifs is 15. The highest BCUT2D eigenvalue weighted by Crippen LogP contribution is 2.63. The van der Waals surface area contributed by atoms with Crippen molar-refractivity contribution in [2.45, 2.75) is 180 Å². The van der Waals surface area contributed by atoms with E-state index < -0.39 is 0 Å². The predicted octanol–water partition coefficient (Wildman–Crippen LogP) is 21.7.